The minimum absolute atomic E-state index is 0. The van der Waals surface area contributed by atoms with Crippen LogP contribution in [0, 0.1) is 25.7 Å². The fourth-order valence-electron chi connectivity index (χ4n) is 6.03. The van der Waals surface area contributed by atoms with E-state index >= 15 is 0 Å². The molecule has 8 nitrogen and oxygen atoms in total. The van der Waals surface area contributed by atoms with E-state index in [1.807, 2.05) is 39.0 Å². The summed E-state index contributed by atoms with van der Waals surface area (Å²) in [5.41, 5.74) is 0.659. The Morgan fingerprint density at radius 3 is 2.69 bits per heavy atom. The molecule has 2 bridgehead atoms. The number of fused-ring (bicyclic) bond motifs is 1. The van der Waals surface area contributed by atoms with Crippen molar-refractivity contribution in [3.8, 4) is 0 Å². The molecule has 8 heteroatoms. The summed E-state index contributed by atoms with van der Waals surface area (Å²) in [5.74, 6) is -2.69. The van der Waals surface area contributed by atoms with Crippen molar-refractivity contribution in [2.45, 2.75) is 64.2 Å². The van der Waals surface area contributed by atoms with E-state index in [2.05, 4.69) is 5.32 Å². The molecular weight excluding hydrogens is 412 g/mol. The van der Waals surface area contributed by atoms with Gasteiger partial charge in [-0.3, -0.25) is 14.4 Å². The van der Waals surface area contributed by atoms with E-state index in [9.17, 15) is 19.5 Å². The summed E-state index contributed by atoms with van der Waals surface area (Å²) in [5, 5.41) is 12.6. The molecule has 3 heterocycles. The molecule has 3 aliphatic rings. The number of aliphatic hydroxyl groups excluding tert-OH is 1. The summed E-state index contributed by atoms with van der Waals surface area (Å²) >= 11 is 0. The first-order chi connectivity index (χ1) is 15.2. The van der Waals surface area contributed by atoms with Gasteiger partial charge in [0.2, 0.25) is 11.8 Å². The number of likely N-dealkylation sites (tertiary alicyclic amines) is 1. The van der Waals surface area contributed by atoms with Crippen molar-refractivity contribution >= 4 is 23.5 Å². The van der Waals surface area contributed by atoms with Gasteiger partial charge < -0.3 is 24.8 Å². The van der Waals surface area contributed by atoms with Gasteiger partial charge in [-0.25, -0.2) is 0 Å². The number of nitrogens with one attached hydrogen (secondary N) is 1. The first-order valence-corrected chi connectivity index (χ1v) is 11.4. The van der Waals surface area contributed by atoms with Gasteiger partial charge in [0.1, 0.15) is 17.6 Å². The quantitative estimate of drug-likeness (QED) is 0.623. The molecule has 0 radical (unpaired) electrons. The van der Waals surface area contributed by atoms with Gasteiger partial charge in [0.25, 0.3) is 0 Å². The van der Waals surface area contributed by atoms with Gasteiger partial charge in [0.05, 0.1) is 24.7 Å². The lowest BCUT2D eigenvalue weighted by Gasteiger charge is -2.33. The molecule has 2 N–H and O–H groups in total. The first kappa shape index (κ1) is 22.7. The average molecular weight is 445 g/mol. The van der Waals surface area contributed by atoms with Crippen molar-refractivity contribution in [2.75, 3.05) is 25.1 Å². The molecule has 0 aromatic heterocycles. The lowest BCUT2D eigenvalue weighted by Crippen LogP contribution is -2.53. The third-order valence-corrected chi connectivity index (χ3v) is 7.46. The number of aliphatic hydroxyl groups is 1. The summed E-state index contributed by atoms with van der Waals surface area (Å²) < 4.78 is 11.9. The lowest BCUT2D eigenvalue weighted by molar-refractivity contribution is -0.160. The SMILES string of the molecule is CCOC(=O)[C@@H]1[C@H]2C(=O)N(CCO)C(C(=O)Nc3cc(C)ccc3C)C23CC[C@@]1(CC)O3. The number of carbonyl (C=O) groups is 3. The number of hydrogen-bond donors (Lipinski definition) is 2. The minimum atomic E-state index is -1.11. The zero-order chi connectivity index (χ0) is 23.3. The molecule has 174 valence electrons. The second-order valence-electron chi connectivity index (χ2n) is 9.15. The zero-order valence-corrected chi connectivity index (χ0v) is 19.1. The summed E-state index contributed by atoms with van der Waals surface area (Å²) in [7, 11) is 0. The van der Waals surface area contributed by atoms with E-state index in [-0.39, 0.29) is 31.6 Å². The molecule has 1 spiro atoms. The number of rotatable bonds is 7. The van der Waals surface area contributed by atoms with Crippen LogP contribution in [0.5, 0.6) is 0 Å². The number of benzene rings is 1. The van der Waals surface area contributed by atoms with Gasteiger partial charge in [0.15, 0.2) is 0 Å². The van der Waals surface area contributed by atoms with Crippen LogP contribution >= 0.6 is 0 Å². The standard InChI is InChI=1S/C24H32N2O6/c1-5-23-9-10-24(32-23)17(18(23)22(30)31-6-2)21(29)26(11-12-27)19(24)20(28)25-16-13-14(3)7-8-15(16)4/h7-8,13,17-19,27H,5-6,9-12H2,1-4H3,(H,25,28)/t17-,18-,19?,23+,24?/m0/s1. The lowest BCUT2D eigenvalue weighted by atomic mass is 9.65. The van der Waals surface area contributed by atoms with Gasteiger partial charge in [0, 0.05) is 12.2 Å². The fourth-order valence-corrected chi connectivity index (χ4v) is 6.03. The molecule has 0 saturated carbocycles. The number of hydrogen-bond acceptors (Lipinski definition) is 6. The van der Waals surface area contributed by atoms with Crippen LogP contribution in [-0.4, -0.2) is 64.8 Å². The summed E-state index contributed by atoms with van der Waals surface area (Å²) in [4.78, 5) is 41.6. The van der Waals surface area contributed by atoms with Crippen LogP contribution in [-0.2, 0) is 23.9 Å². The predicted molar refractivity (Wildman–Crippen MR) is 117 cm³/mol. The number of esters is 1. The number of β-amino-alcohol motifs (C(OH)–C–C–N with tert-alkyl or cyclic N) is 1. The normalized spacial score (nSPS) is 32.8. The molecule has 0 aliphatic carbocycles. The van der Waals surface area contributed by atoms with Gasteiger partial charge in [-0.2, -0.15) is 0 Å². The maximum absolute atomic E-state index is 13.6. The highest BCUT2D eigenvalue weighted by Crippen LogP contribution is 2.64. The Morgan fingerprint density at radius 1 is 1.28 bits per heavy atom. The summed E-state index contributed by atoms with van der Waals surface area (Å²) in [6, 6.07) is 4.85. The third-order valence-electron chi connectivity index (χ3n) is 7.46. The maximum atomic E-state index is 13.6. The van der Waals surface area contributed by atoms with Crippen LogP contribution < -0.4 is 5.32 Å². The number of nitrogens with zero attached hydrogens (tertiary/aromatic N) is 1. The molecule has 2 unspecified atom stereocenters. The van der Waals surface area contributed by atoms with Crippen LogP contribution in [0.1, 0.15) is 44.2 Å². The molecule has 4 rings (SSSR count). The fraction of sp³-hybridized carbons (Fsp3) is 0.625. The van der Waals surface area contributed by atoms with Crippen molar-refractivity contribution < 1.29 is 29.0 Å². The van der Waals surface area contributed by atoms with Crippen molar-refractivity contribution in [1.29, 1.82) is 0 Å². The highest BCUT2D eigenvalue weighted by Gasteiger charge is 2.78. The molecule has 5 atom stereocenters. The van der Waals surface area contributed by atoms with E-state index in [0.717, 1.165) is 11.1 Å². The average Bonchev–Trinajstić information content (AvgIpc) is 3.35. The number of aryl methyl sites for hydroxylation is 2. The monoisotopic (exact) mass is 444 g/mol. The number of carbonyl (C=O) groups excluding carboxylic acids is 3. The van der Waals surface area contributed by atoms with E-state index in [4.69, 9.17) is 9.47 Å². The Balaban J connectivity index is 1.75. The molecule has 3 fully saturated rings. The molecule has 3 saturated heterocycles. The smallest absolute Gasteiger partial charge is 0.312 e. The molecular formula is C24H32N2O6. The minimum Gasteiger partial charge on any atom is -0.466 e. The van der Waals surface area contributed by atoms with Crippen LogP contribution in [0.2, 0.25) is 0 Å². The second kappa shape index (κ2) is 8.15. The predicted octanol–water partition coefficient (Wildman–Crippen LogP) is 1.95. The molecule has 32 heavy (non-hydrogen) atoms. The number of ether oxygens (including phenoxy) is 2. The van der Waals surface area contributed by atoms with Crippen molar-refractivity contribution in [2.24, 2.45) is 11.8 Å². The van der Waals surface area contributed by atoms with Crippen LogP contribution in [0.3, 0.4) is 0 Å². The first-order valence-electron chi connectivity index (χ1n) is 11.4. The Morgan fingerprint density at radius 2 is 2.03 bits per heavy atom. The van der Waals surface area contributed by atoms with Crippen LogP contribution in [0.25, 0.3) is 0 Å². The van der Waals surface area contributed by atoms with E-state index in [1.54, 1.807) is 6.92 Å². The van der Waals surface area contributed by atoms with Gasteiger partial charge in [-0.15, -0.1) is 0 Å². The van der Waals surface area contributed by atoms with Crippen LogP contribution in [0.15, 0.2) is 18.2 Å². The highest BCUT2D eigenvalue weighted by atomic mass is 16.6. The summed E-state index contributed by atoms with van der Waals surface area (Å²) in [6.07, 6.45) is 1.63. The van der Waals surface area contributed by atoms with Crippen molar-refractivity contribution in [1.82, 2.24) is 4.90 Å². The van der Waals surface area contributed by atoms with Crippen molar-refractivity contribution in [3.63, 3.8) is 0 Å². The Kier molecular flexibility index (Phi) is 5.79. The van der Waals surface area contributed by atoms with Crippen LogP contribution in [0.4, 0.5) is 5.69 Å². The number of amides is 2. The topological polar surface area (TPSA) is 105 Å². The zero-order valence-electron chi connectivity index (χ0n) is 19.1. The number of anilines is 1. The van der Waals surface area contributed by atoms with E-state index in [0.29, 0.717) is 24.9 Å². The Bertz CT molecular complexity index is 948. The summed E-state index contributed by atoms with van der Waals surface area (Å²) in [6.45, 7) is 7.44. The third kappa shape index (κ3) is 3.15. The molecule has 2 amide bonds. The van der Waals surface area contributed by atoms with Crippen molar-refractivity contribution in [3.05, 3.63) is 29.3 Å². The molecule has 3 aliphatic heterocycles. The molecule has 1 aromatic carbocycles. The Labute approximate surface area is 188 Å². The second-order valence-corrected chi connectivity index (χ2v) is 9.15. The Hall–Kier alpha value is -2.45. The van der Waals surface area contributed by atoms with Gasteiger partial charge >= 0.3 is 5.97 Å². The van der Waals surface area contributed by atoms with Gasteiger partial charge in [-0.05, 0) is 57.2 Å². The largest absolute Gasteiger partial charge is 0.466 e. The van der Waals surface area contributed by atoms with E-state index in [1.165, 1.54) is 4.90 Å². The van der Waals surface area contributed by atoms with E-state index < -0.39 is 35.0 Å². The maximum Gasteiger partial charge on any atom is 0.312 e. The van der Waals surface area contributed by atoms with Gasteiger partial charge in [-0.1, -0.05) is 19.1 Å². The highest BCUT2D eigenvalue weighted by molar-refractivity contribution is 6.03. The molecule has 1 aromatic rings.